The van der Waals surface area contributed by atoms with Crippen LogP contribution >= 0.6 is 12.2 Å². The number of likely N-dealkylation sites (N-methyl/N-ethyl adjacent to an activating group) is 1. The van der Waals surface area contributed by atoms with Crippen LogP contribution in [0.5, 0.6) is 0 Å². The average molecular weight is 279 g/mol. The highest BCUT2D eigenvalue weighted by Gasteiger charge is 2.31. The van der Waals surface area contributed by atoms with Crippen LogP contribution in [0.25, 0.3) is 6.08 Å². The molecule has 1 aromatic heterocycles. The fraction of sp³-hybridized carbons (Fsp3) is 0.250. The zero-order chi connectivity index (χ0) is 14.2. The van der Waals surface area contributed by atoms with Crippen molar-refractivity contribution < 1.29 is 14.0 Å². The lowest BCUT2D eigenvalue weighted by molar-refractivity contribution is -0.128. The summed E-state index contributed by atoms with van der Waals surface area (Å²) in [6.07, 6.45) is 1.41. The normalized spacial score (nSPS) is 17.9. The molecule has 1 N–H and O–H groups in total. The van der Waals surface area contributed by atoms with Gasteiger partial charge >= 0.3 is 0 Å². The average Bonchev–Trinajstić information content (AvgIpc) is 2.81. The van der Waals surface area contributed by atoms with E-state index >= 15 is 0 Å². The van der Waals surface area contributed by atoms with Crippen LogP contribution in [0.3, 0.4) is 0 Å². The SMILES string of the molecule is CN1C(=O)/C(=C/c2ccc(N(C)C)o2)C(=O)NC1=S. The Morgan fingerprint density at radius 3 is 2.63 bits per heavy atom. The summed E-state index contributed by atoms with van der Waals surface area (Å²) in [6.45, 7) is 0. The number of nitrogens with one attached hydrogen (secondary N) is 1. The van der Waals surface area contributed by atoms with Crippen molar-refractivity contribution in [3.05, 3.63) is 23.5 Å². The molecule has 0 spiro atoms. The molecule has 19 heavy (non-hydrogen) atoms. The van der Waals surface area contributed by atoms with E-state index in [4.69, 9.17) is 16.6 Å². The number of carbonyl (C=O) groups excluding carboxylic acids is 2. The lowest BCUT2D eigenvalue weighted by Crippen LogP contribution is -2.52. The van der Waals surface area contributed by atoms with Crippen LogP contribution in [0.4, 0.5) is 5.88 Å². The summed E-state index contributed by atoms with van der Waals surface area (Å²) in [7, 11) is 5.17. The van der Waals surface area contributed by atoms with E-state index in [9.17, 15) is 9.59 Å². The second-order valence-electron chi connectivity index (χ2n) is 4.25. The maximum absolute atomic E-state index is 11.9. The molecule has 1 saturated heterocycles. The van der Waals surface area contributed by atoms with Gasteiger partial charge < -0.3 is 9.32 Å². The van der Waals surface area contributed by atoms with Gasteiger partial charge in [0.2, 0.25) is 0 Å². The maximum atomic E-state index is 11.9. The molecule has 0 aliphatic carbocycles. The van der Waals surface area contributed by atoms with Gasteiger partial charge in [0, 0.05) is 27.2 Å². The van der Waals surface area contributed by atoms with E-state index < -0.39 is 11.8 Å². The molecule has 6 nitrogen and oxygen atoms in total. The second-order valence-corrected chi connectivity index (χ2v) is 4.64. The Labute approximate surface area is 115 Å². The van der Waals surface area contributed by atoms with E-state index in [0.29, 0.717) is 11.6 Å². The molecule has 0 radical (unpaired) electrons. The third-order valence-corrected chi connectivity index (χ3v) is 3.02. The zero-order valence-electron chi connectivity index (χ0n) is 10.8. The summed E-state index contributed by atoms with van der Waals surface area (Å²) in [5.74, 6) is 0.107. The first-order valence-corrected chi connectivity index (χ1v) is 5.93. The Morgan fingerprint density at radius 1 is 1.37 bits per heavy atom. The second kappa shape index (κ2) is 4.85. The van der Waals surface area contributed by atoms with Gasteiger partial charge in [-0.25, -0.2) is 0 Å². The van der Waals surface area contributed by atoms with E-state index in [-0.39, 0.29) is 10.7 Å². The molecule has 0 aromatic carbocycles. The summed E-state index contributed by atoms with van der Waals surface area (Å²) in [4.78, 5) is 26.7. The standard InChI is InChI=1S/C12H13N3O3S/c1-14(2)9-5-4-7(18-9)6-8-10(16)13-12(19)15(3)11(8)17/h4-6H,1-3H3,(H,13,16,19)/b8-6+. The lowest BCUT2D eigenvalue weighted by Gasteiger charge is -2.24. The molecule has 1 aliphatic heterocycles. The predicted molar refractivity (Wildman–Crippen MR) is 74.5 cm³/mol. The third-order valence-electron chi connectivity index (χ3n) is 2.64. The molecule has 1 aliphatic rings. The highest BCUT2D eigenvalue weighted by atomic mass is 32.1. The lowest BCUT2D eigenvalue weighted by atomic mass is 10.1. The molecule has 100 valence electrons. The van der Waals surface area contributed by atoms with Gasteiger partial charge in [0.1, 0.15) is 11.3 Å². The Kier molecular flexibility index (Phi) is 3.39. The Bertz CT molecular complexity index is 589. The summed E-state index contributed by atoms with van der Waals surface area (Å²) in [5.41, 5.74) is -0.00393. The van der Waals surface area contributed by atoms with Crippen molar-refractivity contribution in [3.63, 3.8) is 0 Å². The first-order chi connectivity index (χ1) is 8.90. The van der Waals surface area contributed by atoms with Crippen LogP contribution in [-0.2, 0) is 9.59 Å². The third kappa shape index (κ3) is 2.50. The van der Waals surface area contributed by atoms with Gasteiger partial charge in [0.15, 0.2) is 11.0 Å². The quantitative estimate of drug-likeness (QED) is 0.488. The maximum Gasteiger partial charge on any atom is 0.265 e. The van der Waals surface area contributed by atoms with Crippen molar-refractivity contribution in [2.24, 2.45) is 0 Å². The van der Waals surface area contributed by atoms with Crippen molar-refractivity contribution in [2.75, 3.05) is 26.0 Å². The Hall–Kier alpha value is -2.15. The van der Waals surface area contributed by atoms with Crippen LogP contribution in [0.2, 0.25) is 0 Å². The van der Waals surface area contributed by atoms with E-state index in [1.54, 1.807) is 17.0 Å². The first-order valence-electron chi connectivity index (χ1n) is 5.52. The molecule has 1 fully saturated rings. The van der Waals surface area contributed by atoms with E-state index in [1.807, 2.05) is 14.1 Å². The molecule has 0 saturated carbocycles. The van der Waals surface area contributed by atoms with Crippen molar-refractivity contribution >= 4 is 41.1 Å². The molecule has 2 amide bonds. The number of furan rings is 1. The van der Waals surface area contributed by atoms with Crippen LogP contribution in [-0.4, -0.2) is 43.0 Å². The minimum atomic E-state index is -0.518. The van der Waals surface area contributed by atoms with Crippen LogP contribution in [0.15, 0.2) is 22.1 Å². The van der Waals surface area contributed by atoms with Crippen LogP contribution in [0.1, 0.15) is 5.76 Å². The van der Waals surface area contributed by atoms with Crippen molar-refractivity contribution in [1.82, 2.24) is 10.2 Å². The van der Waals surface area contributed by atoms with Crippen LogP contribution in [0, 0.1) is 0 Å². The molecule has 2 heterocycles. The highest BCUT2D eigenvalue weighted by Crippen LogP contribution is 2.20. The minimum absolute atomic E-state index is 0.00393. The number of carbonyl (C=O) groups is 2. The smallest absolute Gasteiger partial charge is 0.265 e. The van der Waals surface area contributed by atoms with E-state index in [1.165, 1.54) is 18.0 Å². The summed E-state index contributed by atoms with van der Waals surface area (Å²) < 4.78 is 5.47. The molecule has 7 heteroatoms. The van der Waals surface area contributed by atoms with Gasteiger partial charge in [0.05, 0.1) is 0 Å². The van der Waals surface area contributed by atoms with Gasteiger partial charge in [0.25, 0.3) is 11.8 Å². The number of anilines is 1. The van der Waals surface area contributed by atoms with Crippen molar-refractivity contribution in [2.45, 2.75) is 0 Å². The highest BCUT2D eigenvalue weighted by molar-refractivity contribution is 7.80. The van der Waals surface area contributed by atoms with Crippen LogP contribution < -0.4 is 10.2 Å². The van der Waals surface area contributed by atoms with Gasteiger partial charge in [-0.2, -0.15) is 0 Å². The number of thiocarbonyl (C=S) groups is 1. The monoisotopic (exact) mass is 279 g/mol. The minimum Gasteiger partial charge on any atom is -0.441 e. The largest absolute Gasteiger partial charge is 0.441 e. The number of amides is 2. The van der Waals surface area contributed by atoms with Gasteiger partial charge in [-0.3, -0.25) is 19.8 Å². The fourth-order valence-electron chi connectivity index (χ4n) is 1.55. The number of hydrogen-bond acceptors (Lipinski definition) is 5. The molecule has 2 rings (SSSR count). The Balaban J connectivity index is 2.33. The van der Waals surface area contributed by atoms with E-state index in [0.717, 1.165) is 0 Å². The number of rotatable bonds is 2. The summed E-state index contributed by atoms with van der Waals surface area (Å²) in [5, 5.41) is 2.53. The summed E-state index contributed by atoms with van der Waals surface area (Å²) >= 11 is 4.85. The molecule has 0 bridgehead atoms. The topological polar surface area (TPSA) is 65.8 Å². The molecular formula is C12H13N3O3S. The van der Waals surface area contributed by atoms with Gasteiger partial charge in [-0.05, 0) is 24.4 Å². The van der Waals surface area contributed by atoms with E-state index in [2.05, 4.69) is 5.32 Å². The summed E-state index contributed by atoms with van der Waals surface area (Å²) in [6, 6.07) is 3.45. The van der Waals surface area contributed by atoms with Gasteiger partial charge in [-0.15, -0.1) is 0 Å². The van der Waals surface area contributed by atoms with Gasteiger partial charge in [-0.1, -0.05) is 0 Å². The predicted octanol–water partition coefficient (Wildman–Crippen LogP) is 0.602. The molecule has 1 aromatic rings. The molecular weight excluding hydrogens is 266 g/mol. The fourth-order valence-corrected chi connectivity index (χ4v) is 1.72. The zero-order valence-corrected chi connectivity index (χ0v) is 11.6. The van der Waals surface area contributed by atoms with Crippen molar-refractivity contribution in [3.8, 4) is 0 Å². The number of nitrogens with zero attached hydrogens (tertiary/aromatic N) is 2. The number of hydrogen-bond donors (Lipinski definition) is 1. The van der Waals surface area contributed by atoms with Crippen molar-refractivity contribution in [1.29, 1.82) is 0 Å². The Morgan fingerprint density at radius 2 is 2.05 bits per heavy atom. The first kappa shape index (κ1) is 13.3. The molecule has 0 unspecified atom stereocenters. The molecule has 0 atom stereocenters.